The number of hydrogen-bond donors (Lipinski definition) is 1. The highest BCUT2D eigenvalue weighted by Crippen LogP contribution is 2.25. The molecule has 1 fully saturated rings. The van der Waals surface area contributed by atoms with Crippen LogP contribution in [-0.2, 0) is 16.6 Å². The summed E-state index contributed by atoms with van der Waals surface area (Å²) in [6.07, 6.45) is 4.67. The summed E-state index contributed by atoms with van der Waals surface area (Å²) in [6, 6.07) is 7.17. The number of hydrogen-bond acceptors (Lipinski definition) is 5. The quantitative estimate of drug-likeness (QED) is 0.790. The second-order valence-electron chi connectivity index (χ2n) is 8.88. The summed E-state index contributed by atoms with van der Waals surface area (Å²) in [5, 5.41) is 3.15. The van der Waals surface area contributed by atoms with Crippen molar-refractivity contribution in [2.75, 3.05) is 20.2 Å². The van der Waals surface area contributed by atoms with Crippen molar-refractivity contribution < 1.29 is 19.1 Å². The fraction of sp³-hybridized carbons (Fsp3) is 0.522. The van der Waals surface area contributed by atoms with E-state index in [9.17, 15) is 9.59 Å². The molecular formula is C23H32N4O4. The Morgan fingerprint density at radius 3 is 2.52 bits per heavy atom. The van der Waals surface area contributed by atoms with Crippen molar-refractivity contribution in [3.63, 3.8) is 0 Å². The highest BCUT2D eigenvalue weighted by Gasteiger charge is 2.32. The lowest BCUT2D eigenvalue weighted by Crippen LogP contribution is -2.47. The first-order valence-electron chi connectivity index (χ1n) is 10.6. The monoisotopic (exact) mass is 428 g/mol. The van der Waals surface area contributed by atoms with Gasteiger partial charge in [0.15, 0.2) is 0 Å². The van der Waals surface area contributed by atoms with Gasteiger partial charge in [0.2, 0.25) is 5.91 Å². The zero-order chi connectivity index (χ0) is 22.6. The highest BCUT2D eigenvalue weighted by atomic mass is 16.6. The molecule has 0 radical (unpaired) electrons. The number of aromatic nitrogens is 2. The van der Waals surface area contributed by atoms with Crippen LogP contribution in [0.1, 0.15) is 51.0 Å². The number of piperidine rings is 1. The van der Waals surface area contributed by atoms with Gasteiger partial charge in [-0.15, -0.1) is 0 Å². The number of carbonyl (C=O) groups is 2. The van der Waals surface area contributed by atoms with Gasteiger partial charge in [-0.25, -0.2) is 9.78 Å². The van der Waals surface area contributed by atoms with Crippen LogP contribution in [0.5, 0.6) is 5.75 Å². The van der Waals surface area contributed by atoms with Crippen LogP contribution in [0.15, 0.2) is 36.7 Å². The number of likely N-dealkylation sites (tertiary alicyclic amines) is 1. The van der Waals surface area contributed by atoms with Crippen molar-refractivity contribution >= 4 is 12.0 Å². The van der Waals surface area contributed by atoms with Crippen molar-refractivity contribution in [2.45, 2.75) is 45.3 Å². The SMILES string of the molecule is COc1ccc([C@H](NC(=O)[C@@H]2CCCN(C(=O)OC(C)(C)C)C2)c2nccn2C)cc1. The molecule has 1 aromatic heterocycles. The van der Waals surface area contributed by atoms with E-state index in [4.69, 9.17) is 9.47 Å². The van der Waals surface area contributed by atoms with Crippen molar-refractivity contribution in [1.29, 1.82) is 0 Å². The van der Waals surface area contributed by atoms with Crippen molar-refractivity contribution in [1.82, 2.24) is 19.8 Å². The van der Waals surface area contributed by atoms with Crippen molar-refractivity contribution in [2.24, 2.45) is 13.0 Å². The lowest BCUT2D eigenvalue weighted by Gasteiger charge is -2.34. The third kappa shape index (κ3) is 5.77. The Hall–Kier alpha value is -3.03. The minimum Gasteiger partial charge on any atom is -0.497 e. The van der Waals surface area contributed by atoms with Crippen molar-refractivity contribution in [3.05, 3.63) is 48.0 Å². The van der Waals surface area contributed by atoms with Crippen LogP contribution in [-0.4, -0.2) is 52.3 Å². The predicted molar refractivity (Wildman–Crippen MR) is 117 cm³/mol. The van der Waals surface area contributed by atoms with E-state index >= 15 is 0 Å². The number of benzene rings is 1. The molecule has 2 heterocycles. The zero-order valence-corrected chi connectivity index (χ0v) is 18.9. The number of nitrogens with one attached hydrogen (secondary N) is 1. The Balaban J connectivity index is 1.75. The topological polar surface area (TPSA) is 85.7 Å². The maximum atomic E-state index is 13.2. The van der Waals surface area contributed by atoms with E-state index in [2.05, 4.69) is 10.3 Å². The third-order valence-corrected chi connectivity index (χ3v) is 5.30. The Labute approximate surface area is 183 Å². The van der Waals surface area contributed by atoms with Crippen LogP contribution >= 0.6 is 0 Å². The molecule has 2 aromatic rings. The maximum Gasteiger partial charge on any atom is 0.410 e. The summed E-state index contributed by atoms with van der Waals surface area (Å²) < 4.78 is 12.6. The summed E-state index contributed by atoms with van der Waals surface area (Å²) in [6.45, 7) is 6.46. The molecule has 1 aliphatic heterocycles. The Morgan fingerprint density at radius 2 is 1.94 bits per heavy atom. The summed E-state index contributed by atoms with van der Waals surface area (Å²) >= 11 is 0. The molecule has 0 spiro atoms. The number of ether oxygens (including phenoxy) is 2. The van der Waals surface area contributed by atoms with Gasteiger partial charge < -0.3 is 24.3 Å². The molecular weight excluding hydrogens is 396 g/mol. The summed E-state index contributed by atoms with van der Waals surface area (Å²) in [7, 11) is 3.52. The minimum atomic E-state index is -0.566. The average Bonchev–Trinajstić information content (AvgIpc) is 3.16. The van der Waals surface area contributed by atoms with Crippen LogP contribution < -0.4 is 10.1 Å². The normalized spacial score (nSPS) is 17.7. The third-order valence-electron chi connectivity index (χ3n) is 5.30. The molecule has 1 N–H and O–H groups in total. The van der Waals surface area contributed by atoms with Gasteiger partial charge in [-0.3, -0.25) is 4.79 Å². The van der Waals surface area contributed by atoms with Crippen LogP contribution in [0.3, 0.4) is 0 Å². The van der Waals surface area contributed by atoms with Gasteiger partial charge in [0, 0.05) is 32.5 Å². The lowest BCUT2D eigenvalue weighted by molar-refractivity contribution is -0.127. The fourth-order valence-corrected chi connectivity index (χ4v) is 3.69. The van der Waals surface area contributed by atoms with Gasteiger partial charge >= 0.3 is 6.09 Å². The Bertz CT molecular complexity index is 901. The molecule has 3 rings (SSSR count). The lowest BCUT2D eigenvalue weighted by atomic mass is 9.96. The molecule has 0 saturated carbocycles. The molecule has 168 valence electrons. The highest BCUT2D eigenvalue weighted by molar-refractivity contribution is 5.80. The molecule has 0 bridgehead atoms. The fourth-order valence-electron chi connectivity index (χ4n) is 3.69. The van der Waals surface area contributed by atoms with Crippen LogP contribution in [0.2, 0.25) is 0 Å². The molecule has 1 aromatic carbocycles. The van der Waals surface area contributed by atoms with Gasteiger partial charge in [-0.1, -0.05) is 12.1 Å². The standard InChI is InChI=1S/C23H32N4O4/c1-23(2,3)31-22(29)27-13-6-7-17(15-27)21(28)25-19(20-24-12-14-26(20)4)16-8-10-18(30-5)11-9-16/h8-12,14,17,19H,6-7,13,15H2,1-5H3,(H,25,28)/t17-,19+/m1/s1. The number of nitrogens with zero attached hydrogens (tertiary/aromatic N) is 3. The second-order valence-corrected chi connectivity index (χ2v) is 8.88. The van der Waals surface area contributed by atoms with Gasteiger partial charge in [-0.05, 0) is 51.3 Å². The van der Waals surface area contributed by atoms with Gasteiger partial charge in [-0.2, -0.15) is 0 Å². The molecule has 1 saturated heterocycles. The van der Waals surface area contributed by atoms with E-state index in [1.807, 2.05) is 62.8 Å². The van der Waals surface area contributed by atoms with Crippen LogP contribution in [0.4, 0.5) is 4.79 Å². The maximum absolute atomic E-state index is 13.2. The Morgan fingerprint density at radius 1 is 1.23 bits per heavy atom. The number of amides is 2. The average molecular weight is 429 g/mol. The number of rotatable bonds is 5. The molecule has 8 nitrogen and oxygen atoms in total. The summed E-state index contributed by atoms with van der Waals surface area (Å²) in [4.78, 5) is 31.8. The van der Waals surface area contributed by atoms with Gasteiger partial charge in [0.25, 0.3) is 0 Å². The van der Waals surface area contributed by atoms with E-state index in [1.165, 1.54) is 0 Å². The van der Waals surface area contributed by atoms with Crippen LogP contribution in [0.25, 0.3) is 0 Å². The molecule has 2 amide bonds. The largest absolute Gasteiger partial charge is 0.497 e. The molecule has 0 aliphatic carbocycles. The van der Waals surface area contributed by atoms with Gasteiger partial charge in [0.1, 0.15) is 23.2 Å². The number of imidazole rings is 1. The molecule has 8 heteroatoms. The molecule has 1 aliphatic rings. The van der Waals surface area contributed by atoms with Crippen LogP contribution in [0, 0.1) is 5.92 Å². The molecule has 31 heavy (non-hydrogen) atoms. The smallest absolute Gasteiger partial charge is 0.410 e. The first kappa shape index (κ1) is 22.7. The zero-order valence-electron chi connectivity index (χ0n) is 18.9. The van der Waals surface area contributed by atoms with Crippen molar-refractivity contribution in [3.8, 4) is 5.75 Å². The van der Waals surface area contributed by atoms with Gasteiger partial charge in [0.05, 0.1) is 13.0 Å². The Kier molecular flexibility index (Phi) is 6.87. The number of aryl methyl sites for hydroxylation is 1. The molecule has 2 atom stereocenters. The molecule has 0 unspecified atom stereocenters. The minimum absolute atomic E-state index is 0.0999. The first-order valence-corrected chi connectivity index (χ1v) is 10.6. The summed E-state index contributed by atoms with van der Waals surface area (Å²) in [5.41, 5.74) is 0.340. The van der Waals surface area contributed by atoms with E-state index < -0.39 is 11.6 Å². The predicted octanol–water partition coefficient (Wildman–Crippen LogP) is 3.28. The van der Waals surface area contributed by atoms with E-state index in [1.54, 1.807) is 18.2 Å². The summed E-state index contributed by atoms with van der Waals surface area (Å²) in [5.74, 6) is 1.08. The second kappa shape index (κ2) is 9.41. The first-order chi connectivity index (χ1) is 14.7. The number of methoxy groups -OCH3 is 1. The van der Waals surface area contributed by atoms with E-state index in [-0.39, 0.29) is 17.9 Å². The number of carbonyl (C=O) groups excluding carboxylic acids is 2. The van der Waals surface area contributed by atoms with E-state index in [0.717, 1.165) is 30.0 Å². The van der Waals surface area contributed by atoms with E-state index in [0.29, 0.717) is 13.1 Å².